The molecular formula is C12H17NO3. The van der Waals surface area contributed by atoms with E-state index in [9.17, 15) is 9.59 Å². The van der Waals surface area contributed by atoms with Crippen molar-refractivity contribution in [2.45, 2.75) is 32.8 Å². The lowest BCUT2D eigenvalue weighted by Crippen LogP contribution is -2.35. The van der Waals surface area contributed by atoms with Crippen LogP contribution in [0.1, 0.15) is 27.2 Å². The summed E-state index contributed by atoms with van der Waals surface area (Å²) >= 11 is 0. The molecule has 1 saturated heterocycles. The van der Waals surface area contributed by atoms with E-state index in [-0.39, 0.29) is 17.8 Å². The number of carbonyl (C=O) groups is 2. The highest BCUT2D eigenvalue weighted by Crippen LogP contribution is 2.31. The summed E-state index contributed by atoms with van der Waals surface area (Å²) in [5.41, 5.74) is 0.620. The van der Waals surface area contributed by atoms with Crippen LogP contribution in [0.5, 0.6) is 0 Å². The van der Waals surface area contributed by atoms with Gasteiger partial charge in [0.05, 0.1) is 0 Å². The molecule has 0 N–H and O–H groups in total. The summed E-state index contributed by atoms with van der Waals surface area (Å²) in [4.78, 5) is 24.6. The number of fused-ring (bicyclic) bond motifs is 1. The average Bonchev–Trinajstić information content (AvgIpc) is 2.56. The molecule has 4 heteroatoms. The molecule has 1 atom stereocenters. The van der Waals surface area contributed by atoms with Crippen molar-refractivity contribution in [1.29, 1.82) is 0 Å². The van der Waals surface area contributed by atoms with Crippen molar-refractivity contribution < 1.29 is 14.3 Å². The standard InChI is InChI=1S/C12H17NO3/c1-12(2,3)16-11(15)13-6-8-4-10(14)5-9(8)7-13/h4,9H,5-7H2,1-3H3. The van der Waals surface area contributed by atoms with Gasteiger partial charge in [0.15, 0.2) is 5.78 Å². The van der Waals surface area contributed by atoms with Crippen molar-refractivity contribution in [3.05, 3.63) is 11.6 Å². The normalized spacial score (nSPS) is 24.4. The van der Waals surface area contributed by atoms with Crippen LogP contribution >= 0.6 is 0 Å². The lowest BCUT2D eigenvalue weighted by molar-refractivity contribution is -0.114. The minimum absolute atomic E-state index is 0.184. The SMILES string of the molecule is CC(C)(C)OC(=O)N1CC2=CC(=O)CC2C1. The van der Waals surface area contributed by atoms with Crippen LogP contribution in [0.25, 0.3) is 0 Å². The number of ketones is 1. The van der Waals surface area contributed by atoms with Gasteiger partial charge in [-0.2, -0.15) is 0 Å². The van der Waals surface area contributed by atoms with E-state index in [4.69, 9.17) is 4.74 Å². The predicted octanol–water partition coefficient (Wildman–Crippen LogP) is 1.75. The molecule has 4 nitrogen and oxygen atoms in total. The van der Waals surface area contributed by atoms with Crippen molar-refractivity contribution in [1.82, 2.24) is 4.90 Å². The summed E-state index contributed by atoms with van der Waals surface area (Å²) in [7, 11) is 0. The van der Waals surface area contributed by atoms with Gasteiger partial charge in [-0.3, -0.25) is 4.79 Å². The molecule has 16 heavy (non-hydrogen) atoms. The van der Waals surface area contributed by atoms with Crippen LogP contribution in [0, 0.1) is 5.92 Å². The number of rotatable bonds is 0. The smallest absolute Gasteiger partial charge is 0.410 e. The van der Waals surface area contributed by atoms with Gasteiger partial charge >= 0.3 is 6.09 Å². The maximum absolute atomic E-state index is 11.8. The molecule has 0 aromatic rings. The van der Waals surface area contributed by atoms with Crippen LogP contribution in [0.15, 0.2) is 11.6 Å². The van der Waals surface area contributed by atoms with E-state index >= 15 is 0 Å². The summed E-state index contributed by atoms with van der Waals surface area (Å²) in [5.74, 6) is 0.420. The molecule has 1 fully saturated rings. The minimum Gasteiger partial charge on any atom is -0.444 e. The van der Waals surface area contributed by atoms with Crippen LogP contribution < -0.4 is 0 Å². The van der Waals surface area contributed by atoms with E-state index in [0.717, 1.165) is 5.57 Å². The first kappa shape index (κ1) is 11.2. The third kappa shape index (κ3) is 2.26. The van der Waals surface area contributed by atoms with Gasteiger partial charge in [0.2, 0.25) is 0 Å². The predicted molar refractivity (Wildman–Crippen MR) is 59.0 cm³/mol. The zero-order valence-electron chi connectivity index (χ0n) is 9.95. The largest absolute Gasteiger partial charge is 0.444 e. The third-order valence-corrected chi connectivity index (χ3v) is 2.78. The lowest BCUT2D eigenvalue weighted by atomic mass is 10.1. The van der Waals surface area contributed by atoms with Gasteiger partial charge in [0.1, 0.15) is 5.60 Å². The molecular weight excluding hydrogens is 206 g/mol. The van der Waals surface area contributed by atoms with Gasteiger partial charge in [-0.05, 0) is 32.4 Å². The third-order valence-electron chi connectivity index (χ3n) is 2.78. The van der Waals surface area contributed by atoms with Gasteiger partial charge in [0.25, 0.3) is 0 Å². The Kier molecular flexibility index (Phi) is 2.52. The van der Waals surface area contributed by atoms with Crippen molar-refractivity contribution >= 4 is 11.9 Å². The Labute approximate surface area is 95.2 Å². The van der Waals surface area contributed by atoms with Gasteiger partial charge in [0, 0.05) is 25.4 Å². The van der Waals surface area contributed by atoms with Crippen LogP contribution in [0.2, 0.25) is 0 Å². The Morgan fingerprint density at radius 1 is 1.50 bits per heavy atom. The Balaban J connectivity index is 1.97. The molecule has 1 unspecified atom stereocenters. The van der Waals surface area contributed by atoms with Crippen LogP contribution in [-0.4, -0.2) is 35.5 Å². The first-order valence-electron chi connectivity index (χ1n) is 5.56. The van der Waals surface area contributed by atoms with E-state index < -0.39 is 5.60 Å². The Hall–Kier alpha value is -1.32. The van der Waals surface area contributed by atoms with Crippen molar-refractivity contribution in [2.24, 2.45) is 5.92 Å². The highest BCUT2D eigenvalue weighted by atomic mass is 16.6. The van der Waals surface area contributed by atoms with Crippen molar-refractivity contribution in [3.8, 4) is 0 Å². The van der Waals surface area contributed by atoms with E-state index in [1.807, 2.05) is 20.8 Å². The lowest BCUT2D eigenvalue weighted by Gasteiger charge is -2.24. The van der Waals surface area contributed by atoms with Crippen molar-refractivity contribution in [2.75, 3.05) is 13.1 Å². The Bertz CT molecular complexity index is 365. The first-order chi connectivity index (χ1) is 7.35. The second-order valence-corrected chi connectivity index (χ2v) is 5.45. The fourth-order valence-electron chi connectivity index (χ4n) is 2.13. The Morgan fingerprint density at radius 2 is 2.19 bits per heavy atom. The molecule has 1 amide bonds. The van der Waals surface area contributed by atoms with E-state index in [1.54, 1.807) is 11.0 Å². The van der Waals surface area contributed by atoms with Gasteiger partial charge in [-0.25, -0.2) is 4.79 Å². The second-order valence-electron chi connectivity index (χ2n) is 5.45. The number of nitrogens with zero attached hydrogens (tertiary/aromatic N) is 1. The molecule has 1 heterocycles. The number of ether oxygens (including phenoxy) is 1. The first-order valence-corrected chi connectivity index (χ1v) is 5.56. The molecule has 0 saturated carbocycles. The Morgan fingerprint density at radius 3 is 2.75 bits per heavy atom. The average molecular weight is 223 g/mol. The molecule has 1 aliphatic heterocycles. The highest BCUT2D eigenvalue weighted by Gasteiger charge is 2.37. The monoisotopic (exact) mass is 223 g/mol. The maximum Gasteiger partial charge on any atom is 0.410 e. The van der Waals surface area contributed by atoms with Gasteiger partial charge in [-0.1, -0.05) is 0 Å². The number of amides is 1. The fraction of sp³-hybridized carbons (Fsp3) is 0.667. The van der Waals surface area contributed by atoms with Crippen LogP contribution in [-0.2, 0) is 9.53 Å². The number of hydrogen-bond acceptors (Lipinski definition) is 3. The summed E-state index contributed by atoms with van der Waals surface area (Å²) < 4.78 is 5.29. The molecule has 2 rings (SSSR count). The molecule has 2 aliphatic rings. The molecule has 0 aromatic carbocycles. The van der Waals surface area contributed by atoms with E-state index in [0.29, 0.717) is 19.5 Å². The second kappa shape index (κ2) is 3.61. The number of allylic oxidation sites excluding steroid dienone is 1. The molecule has 0 bridgehead atoms. The zero-order valence-corrected chi connectivity index (χ0v) is 9.95. The summed E-state index contributed by atoms with van der Waals surface area (Å²) in [6, 6.07) is 0. The minimum atomic E-state index is -0.459. The van der Waals surface area contributed by atoms with Crippen molar-refractivity contribution in [3.63, 3.8) is 0 Å². The molecule has 0 spiro atoms. The summed E-state index contributed by atoms with van der Waals surface area (Å²) in [5, 5.41) is 0. The van der Waals surface area contributed by atoms with E-state index in [1.165, 1.54) is 0 Å². The molecule has 0 radical (unpaired) electrons. The molecule has 88 valence electrons. The quantitative estimate of drug-likeness (QED) is 0.628. The fourth-order valence-corrected chi connectivity index (χ4v) is 2.13. The summed E-state index contributed by atoms with van der Waals surface area (Å²) in [6.07, 6.45) is 1.94. The highest BCUT2D eigenvalue weighted by molar-refractivity contribution is 5.94. The van der Waals surface area contributed by atoms with E-state index in [2.05, 4.69) is 0 Å². The topological polar surface area (TPSA) is 46.6 Å². The number of carbonyl (C=O) groups excluding carboxylic acids is 2. The number of hydrogen-bond donors (Lipinski definition) is 0. The van der Waals surface area contributed by atoms with Crippen LogP contribution in [0.4, 0.5) is 4.79 Å². The molecule has 1 aliphatic carbocycles. The van der Waals surface area contributed by atoms with Crippen LogP contribution in [0.3, 0.4) is 0 Å². The molecule has 0 aromatic heterocycles. The summed E-state index contributed by atoms with van der Waals surface area (Å²) in [6.45, 7) is 6.72. The van der Waals surface area contributed by atoms with Gasteiger partial charge in [-0.15, -0.1) is 0 Å². The maximum atomic E-state index is 11.8. The number of likely N-dealkylation sites (tertiary alicyclic amines) is 1. The zero-order chi connectivity index (χ0) is 11.9. The van der Waals surface area contributed by atoms with Gasteiger partial charge < -0.3 is 9.64 Å².